The largest absolute Gasteiger partial charge is 0.368 e. The van der Waals surface area contributed by atoms with E-state index in [0.717, 1.165) is 11.9 Å². The first-order valence-electron chi connectivity index (χ1n) is 11.2. The summed E-state index contributed by atoms with van der Waals surface area (Å²) in [6.45, 7) is 2.64. The van der Waals surface area contributed by atoms with E-state index in [9.17, 15) is 0 Å². The predicted octanol–water partition coefficient (Wildman–Crippen LogP) is 3.96. The summed E-state index contributed by atoms with van der Waals surface area (Å²) in [5.74, 6) is 2.48. The highest BCUT2D eigenvalue weighted by atomic mass is 15.4. The minimum absolute atomic E-state index is 0.370. The Kier molecular flexibility index (Phi) is 5.49. The van der Waals surface area contributed by atoms with Crippen LogP contribution in [0.5, 0.6) is 0 Å². The molecule has 0 bridgehead atoms. The van der Waals surface area contributed by atoms with Crippen molar-refractivity contribution in [3.05, 3.63) is 65.6 Å². The number of hydrogen-bond acceptors (Lipinski definition) is 5. The molecule has 1 saturated carbocycles. The zero-order valence-corrected chi connectivity index (χ0v) is 17.5. The number of nitrogens with zero attached hydrogens (tertiary/aromatic N) is 5. The van der Waals surface area contributed by atoms with Gasteiger partial charge >= 0.3 is 0 Å². The molecular formula is C24H30N6. The minimum atomic E-state index is 0.370. The van der Waals surface area contributed by atoms with Crippen molar-refractivity contribution < 1.29 is 0 Å². The lowest BCUT2D eigenvalue weighted by molar-refractivity contribution is 0.182. The van der Waals surface area contributed by atoms with Crippen LogP contribution in [0.15, 0.2) is 48.7 Å². The Hall–Kier alpha value is -2.73. The molecule has 1 aromatic carbocycles. The van der Waals surface area contributed by atoms with Crippen molar-refractivity contribution in [2.45, 2.75) is 56.9 Å². The van der Waals surface area contributed by atoms with Crippen LogP contribution >= 0.6 is 0 Å². The lowest BCUT2D eigenvalue weighted by Crippen LogP contribution is -2.35. The van der Waals surface area contributed by atoms with Crippen molar-refractivity contribution in [2.75, 3.05) is 18.8 Å². The second kappa shape index (κ2) is 8.56. The van der Waals surface area contributed by atoms with Gasteiger partial charge in [-0.3, -0.25) is 0 Å². The lowest BCUT2D eigenvalue weighted by Gasteiger charge is -2.34. The number of rotatable bonds is 5. The van der Waals surface area contributed by atoms with Gasteiger partial charge in [0, 0.05) is 18.7 Å². The van der Waals surface area contributed by atoms with Gasteiger partial charge in [-0.15, -0.1) is 5.10 Å². The summed E-state index contributed by atoms with van der Waals surface area (Å²) in [6, 6.07) is 15.5. The summed E-state index contributed by atoms with van der Waals surface area (Å²) >= 11 is 0. The van der Waals surface area contributed by atoms with Crippen molar-refractivity contribution >= 4 is 5.95 Å². The summed E-state index contributed by atoms with van der Waals surface area (Å²) < 4.78 is 1.60. The second-order valence-electron chi connectivity index (χ2n) is 8.65. The molecule has 2 aromatic heterocycles. The first-order chi connectivity index (χ1) is 14.8. The van der Waals surface area contributed by atoms with Crippen LogP contribution < -0.4 is 5.73 Å². The molecular weight excluding hydrogens is 372 g/mol. The fourth-order valence-corrected chi connectivity index (χ4v) is 5.06. The fraction of sp³-hybridized carbons (Fsp3) is 0.458. The van der Waals surface area contributed by atoms with Crippen LogP contribution in [0.4, 0.5) is 5.95 Å². The average Bonchev–Trinajstić information content (AvgIpc) is 3.45. The van der Waals surface area contributed by atoms with Gasteiger partial charge in [0.1, 0.15) is 0 Å². The lowest BCUT2D eigenvalue weighted by atomic mass is 9.81. The molecule has 0 spiro atoms. The van der Waals surface area contributed by atoms with Crippen LogP contribution in [0.3, 0.4) is 0 Å². The number of anilines is 1. The van der Waals surface area contributed by atoms with Gasteiger partial charge in [0.15, 0.2) is 11.6 Å². The van der Waals surface area contributed by atoms with E-state index in [2.05, 4.69) is 44.2 Å². The molecule has 0 radical (unpaired) electrons. The molecule has 3 aromatic rings. The molecule has 0 atom stereocenters. The van der Waals surface area contributed by atoms with Crippen molar-refractivity contribution in [2.24, 2.45) is 0 Å². The van der Waals surface area contributed by atoms with Gasteiger partial charge in [-0.25, -0.2) is 4.98 Å². The van der Waals surface area contributed by atoms with E-state index in [0.29, 0.717) is 24.1 Å². The molecule has 6 heteroatoms. The van der Waals surface area contributed by atoms with E-state index >= 15 is 0 Å². The Morgan fingerprint density at radius 3 is 2.40 bits per heavy atom. The van der Waals surface area contributed by atoms with E-state index in [1.54, 1.807) is 10.9 Å². The normalized spacial score (nSPS) is 22.4. The number of likely N-dealkylation sites (tertiary alicyclic amines) is 1. The van der Waals surface area contributed by atoms with Crippen molar-refractivity contribution in [1.29, 1.82) is 0 Å². The maximum Gasteiger partial charge on any atom is 0.225 e. The quantitative estimate of drug-likeness (QED) is 0.699. The zero-order chi connectivity index (χ0) is 20.3. The molecule has 6 nitrogen and oxygen atoms in total. The maximum absolute atomic E-state index is 6.05. The first kappa shape index (κ1) is 19.2. The monoisotopic (exact) mass is 402 g/mol. The third kappa shape index (κ3) is 4.10. The van der Waals surface area contributed by atoms with Gasteiger partial charge in [0.05, 0.1) is 0 Å². The van der Waals surface area contributed by atoms with Gasteiger partial charge in [0.2, 0.25) is 5.95 Å². The molecule has 1 saturated heterocycles. The number of aromatic nitrogens is 4. The molecule has 30 heavy (non-hydrogen) atoms. The molecule has 5 rings (SSSR count). The van der Waals surface area contributed by atoms with Crippen molar-refractivity contribution in [3.63, 3.8) is 0 Å². The Balaban J connectivity index is 1.21. The summed E-state index contributed by atoms with van der Waals surface area (Å²) in [5.41, 5.74) is 8.74. The first-order valence-corrected chi connectivity index (χ1v) is 11.2. The summed E-state index contributed by atoms with van der Waals surface area (Å²) in [5, 5.41) is 4.55. The van der Waals surface area contributed by atoms with Crippen molar-refractivity contribution in [3.8, 4) is 5.82 Å². The number of benzene rings is 1. The van der Waals surface area contributed by atoms with E-state index in [-0.39, 0.29) is 0 Å². The van der Waals surface area contributed by atoms with Gasteiger partial charge in [0.25, 0.3) is 0 Å². The molecule has 1 aliphatic heterocycles. The number of nitrogens with two attached hydrogens (primary N) is 1. The van der Waals surface area contributed by atoms with Crippen LogP contribution in [0, 0.1) is 0 Å². The molecule has 3 heterocycles. The highest BCUT2D eigenvalue weighted by Gasteiger charge is 2.28. The Bertz CT molecular complexity index is 951. The zero-order valence-electron chi connectivity index (χ0n) is 17.5. The van der Waals surface area contributed by atoms with Crippen LogP contribution in [0.1, 0.15) is 61.4 Å². The molecule has 2 N–H and O–H groups in total. The average molecular weight is 403 g/mol. The molecule has 1 aliphatic carbocycles. The molecule has 156 valence electrons. The standard InChI is InChI=1S/C24H30N6/c25-24-27-22(28-30(24)23-5-1-2-14-26-23)17-18-6-8-19(9-7-18)20-10-12-21(13-11-20)29-15-3-4-16-29/h1-2,5-9,14,20-21H,3-4,10-13,15-17H2,(H2,25,27,28)/t20-,21-. The smallest absolute Gasteiger partial charge is 0.225 e. The number of hydrogen-bond donors (Lipinski definition) is 1. The van der Waals surface area contributed by atoms with E-state index < -0.39 is 0 Å². The van der Waals surface area contributed by atoms with Crippen LogP contribution in [-0.4, -0.2) is 43.8 Å². The second-order valence-corrected chi connectivity index (χ2v) is 8.65. The van der Waals surface area contributed by atoms with E-state index in [4.69, 9.17) is 5.73 Å². The van der Waals surface area contributed by atoms with Gasteiger partial charge < -0.3 is 10.6 Å². The highest BCUT2D eigenvalue weighted by molar-refractivity contribution is 5.33. The SMILES string of the molecule is Nc1nc(Cc2ccc([C@H]3CC[C@H](N4CCCC4)CC3)cc2)nn1-c1ccccn1. The van der Waals surface area contributed by atoms with E-state index in [1.807, 2.05) is 18.2 Å². The van der Waals surface area contributed by atoms with Crippen LogP contribution in [0.2, 0.25) is 0 Å². The molecule has 0 amide bonds. The minimum Gasteiger partial charge on any atom is -0.368 e. The summed E-state index contributed by atoms with van der Waals surface area (Å²) in [7, 11) is 0. The Morgan fingerprint density at radius 1 is 0.933 bits per heavy atom. The predicted molar refractivity (Wildman–Crippen MR) is 119 cm³/mol. The molecule has 2 aliphatic rings. The Labute approximate surface area is 178 Å². The fourth-order valence-electron chi connectivity index (χ4n) is 5.06. The highest BCUT2D eigenvalue weighted by Crippen LogP contribution is 2.35. The van der Waals surface area contributed by atoms with E-state index in [1.165, 1.54) is 62.7 Å². The maximum atomic E-state index is 6.05. The van der Waals surface area contributed by atoms with Gasteiger partial charge in [-0.2, -0.15) is 9.67 Å². The Morgan fingerprint density at radius 2 is 1.70 bits per heavy atom. The van der Waals surface area contributed by atoms with Gasteiger partial charge in [-0.05, 0) is 80.8 Å². The van der Waals surface area contributed by atoms with Crippen molar-refractivity contribution in [1.82, 2.24) is 24.6 Å². The van der Waals surface area contributed by atoms with Crippen LogP contribution in [0.25, 0.3) is 5.82 Å². The third-order valence-corrected chi connectivity index (χ3v) is 6.71. The molecule has 2 fully saturated rings. The molecule has 0 unspecified atom stereocenters. The number of pyridine rings is 1. The summed E-state index contributed by atoms with van der Waals surface area (Å²) in [4.78, 5) is 11.5. The topological polar surface area (TPSA) is 72.9 Å². The summed E-state index contributed by atoms with van der Waals surface area (Å²) in [6.07, 6.45) is 10.5. The van der Waals surface area contributed by atoms with Gasteiger partial charge in [-0.1, -0.05) is 30.3 Å². The third-order valence-electron chi connectivity index (χ3n) is 6.71. The number of nitrogen functional groups attached to an aromatic ring is 1. The van der Waals surface area contributed by atoms with Crippen LogP contribution in [-0.2, 0) is 6.42 Å².